The second-order valence-electron chi connectivity index (χ2n) is 5.84. The van der Waals surface area contributed by atoms with E-state index in [2.05, 4.69) is 46.4 Å². The number of anilines is 1. The highest BCUT2D eigenvalue weighted by molar-refractivity contribution is 5.94. The van der Waals surface area contributed by atoms with Gasteiger partial charge < -0.3 is 10.6 Å². The zero-order valence-corrected chi connectivity index (χ0v) is 14.6. The highest BCUT2D eigenvalue weighted by atomic mass is 16.1. The average Bonchev–Trinajstić information content (AvgIpc) is 3.21. The zero-order valence-electron chi connectivity index (χ0n) is 14.6. The number of nitrogens with zero attached hydrogens (tertiary/aromatic N) is 3. The lowest BCUT2D eigenvalue weighted by molar-refractivity contribution is 0.0957. The minimum Gasteiger partial charge on any atom is -0.364 e. The summed E-state index contributed by atoms with van der Waals surface area (Å²) in [4.78, 5) is 16.2. The quantitative estimate of drug-likeness (QED) is 0.643. The second-order valence-corrected chi connectivity index (χ2v) is 5.84. The van der Waals surface area contributed by atoms with Crippen molar-refractivity contribution < 1.29 is 4.79 Å². The van der Waals surface area contributed by atoms with Crippen molar-refractivity contribution >= 4 is 11.7 Å². The van der Waals surface area contributed by atoms with Crippen LogP contribution >= 0.6 is 0 Å². The lowest BCUT2D eigenvalue weighted by atomic mass is 10.1. The summed E-state index contributed by atoms with van der Waals surface area (Å²) in [6.45, 7) is 6.08. The number of rotatable bonds is 7. The fourth-order valence-corrected chi connectivity index (χ4v) is 2.52. The molecule has 26 heavy (non-hydrogen) atoms. The summed E-state index contributed by atoms with van der Waals surface area (Å²) >= 11 is 0. The van der Waals surface area contributed by atoms with Crippen molar-refractivity contribution in [2.75, 3.05) is 11.9 Å². The van der Waals surface area contributed by atoms with Crippen LogP contribution in [0.15, 0.2) is 73.7 Å². The van der Waals surface area contributed by atoms with Gasteiger partial charge in [-0.1, -0.05) is 18.2 Å². The summed E-state index contributed by atoms with van der Waals surface area (Å²) in [6.07, 6.45) is 6.87. The second kappa shape index (κ2) is 8.11. The summed E-state index contributed by atoms with van der Waals surface area (Å²) in [7, 11) is 0. The Labute approximate surface area is 152 Å². The van der Waals surface area contributed by atoms with Crippen LogP contribution in [0.2, 0.25) is 0 Å². The summed E-state index contributed by atoms with van der Waals surface area (Å²) in [5.41, 5.74) is 2.67. The number of carbonyl (C=O) groups is 1. The number of benzene rings is 1. The summed E-state index contributed by atoms with van der Waals surface area (Å²) in [5, 5.41) is 10.3. The van der Waals surface area contributed by atoms with Crippen LogP contribution in [0.1, 0.15) is 28.9 Å². The molecule has 132 valence electrons. The van der Waals surface area contributed by atoms with Gasteiger partial charge in [-0.25, -0.2) is 9.67 Å². The first-order valence-electron chi connectivity index (χ1n) is 8.39. The molecule has 2 N–H and O–H groups in total. The molecule has 0 aliphatic heterocycles. The highest BCUT2D eigenvalue weighted by Crippen LogP contribution is 2.19. The molecule has 0 spiro atoms. The summed E-state index contributed by atoms with van der Waals surface area (Å²) in [6, 6.07) is 13.7. The lowest BCUT2D eigenvalue weighted by Gasteiger charge is -2.15. The predicted octanol–water partition coefficient (Wildman–Crippen LogP) is 3.36. The minimum atomic E-state index is -0.161. The monoisotopic (exact) mass is 347 g/mol. The molecule has 6 nitrogen and oxygen atoms in total. The Balaban J connectivity index is 1.63. The van der Waals surface area contributed by atoms with Crippen LogP contribution in [0, 0.1) is 0 Å². The topological polar surface area (TPSA) is 71.8 Å². The van der Waals surface area contributed by atoms with Crippen molar-refractivity contribution in [3.8, 4) is 5.69 Å². The summed E-state index contributed by atoms with van der Waals surface area (Å²) < 4.78 is 1.82. The van der Waals surface area contributed by atoms with Gasteiger partial charge in [0.2, 0.25) is 0 Å². The molecule has 0 bridgehead atoms. The maximum Gasteiger partial charge on any atom is 0.253 e. The molecule has 1 atom stereocenters. The van der Waals surface area contributed by atoms with E-state index in [0.29, 0.717) is 17.9 Å². The van der Waals surface area contributed by atoms with Crippen LogP contribution in [0.4, 0.5) is 5.82 Å². The van der Waals surface area contributed by atoms with Crippen LogP contribution in [-0.2, 0) is 0 Å². The van der Waals surface area contributed by atoms with Crippen LogP contribution in [0.25, 0.3) is 5.69 Å². The fraction of sp³-hybridized carbons (Fsp3) is 0.150. The maximum absolute atomic E-state index is 11.9. The Morgan fingerprint density at radius 2 is 2.08 bits per heavy atom. The minimum absolute atomic E-state index is 0.0783. The van der Waals surface area contributed by atoms with Gasteiger partial charge in [-0.2, -0.15) is 5.10 Å². The van der Waals surface area contributed by atoms with E-state index in [-0.39, 0.29) is 11.9 Å². The molecule has 6 heteroatoms. The Morgan fingerprint density at radius 1 is 1.27 bits per heavy atom. The van der Waals surface area contributed by atoms with Crippen molar-refractivity contribution in [3.05, 3.63) is 84.8 Å². The van der Waals surface area contributed by atoms with Gasteiger partial charge in [0.15, 0.2) is 0 Å². The number of nitrogens with one attached hydrogen (secondary N) is 2. The maximum atomic E-state index is 11.9. The Hall–Kier alpha value is -3.41. The van der Waals surface area contributed by atoms with E-state index in [9.17, 15) is 4.79 Å². The molecule has 3 rings (SSSR count). The third-order valence-electron chi connectivity index (χ3n) is 3.96. The van der Waals surface area contributed by atoms with E-state index in [0.717, 1.165) is 11.3 Å². The summed E-state index contributed by atoms with van der Waals surface area (Å²) in [5.74, 6) is 0.556. The van der Waals surface area contributed by atoms with Crippen LogP contribution in [0.5, 0.6) is 0 Å². The van der Waals surface area contributed by atoms with E-state index >= 15 is 0 Å². The number of hydrogen-bond donors (Lipinski definition) is 2. The van der Waals surface area contributed by atoms with Crippen molar-refractivity contribution in [1.82, 2.24) is 20.1 Å². The van der Waals surface area contributed by atoms with Gasteiger partial charge in [0, 0.05) is 31.2 Å². The Bertz CT molecular complexity index is 854. The van der Waals surface area contributed by atoms with E-state index in [1.165, 1.54) is 0 Å². The molecular formula is C20H21N5O. The first-order chi connectivity index (χ1) is 12.7. The van der Waals surface area contributed by atoms with Crippen molar-refractivity contribution in [3.63, 3.8) is 0 Å². The molecule has 1 amide bonds. The van der Waals surface area contributed by atoms with Crippen LogP contribution < -0.4 is 10.6 Å². The molecule has 2 aromatic heterocycles. The van der Waals surface area contributed by atoms with Gasteiger partial charge in [-0.3, -0.25) is 4.79 Å². The molecule has 0 aliphatic carbocycles. The zero-order chi connectivity index (χ0) is 18.4. The highest BCUT2D eigenvalue weighted by Gasteiger charge is 2.08. The molecule has 0 fully saturated rings. The smallest absolute Gasteiger partial charge is 0.253 e. The number of hydrogen-bond acceptors (Lipinski definition) is 4. The molecule has 0 saturated carbocycles. The van der Waals surface area contributed by atoms with Crippen molar-refractivity contribution in [1.29, 1.82) is 0 Å². The molecular weight excluding hydrogens is 326 g/mol. The molecule has 0 aliphatic rings. The molecule has 2 heterocycles. The van der Waals surface area contributed by atoms with Crippen molar-refractivity contribution in [2.45, 2.75) is 13.0 Å². The van der Waals surface area contributed by atoms with E-state index < -0.39 is 0 Å². The number of amides is 1. The van der Waals surface area contributed by atoms with E-state index in [1.54, 1.807) is 30.6 Å². The first kappa shape index (κ1) is 17.4. The lowest BCUT2D eigenvalue weighted by Crippen LogP contribution is -2.23. The number of carbonyl (C=O) groups excluding carboxylic acids is 1. The number of pyridine rings is 1. The first-order valence-corrected chi connectivity index (χ1v) is 8.39. The molecule has 1 aromatic carbocycles. The van der Waals surface area contributed by atoms with E-state index in [4.69, 9.17) is 0 Å². The molecule has 0 radical (unpaired) electrons. The van der Waals surface area contributed by atoms with Gasteiger partial charge >= 0.3 is 0 Å². The largest absolute Gasteiger partial charge is 0.364 e. The fourth-order valence-electron chi connectivity index (χ4n) is 2.52. The van der Waals surface area contributed by atoms with E-state index in [1.807, 2.05) is 29.1 Å². The average molecular weight is 347 g/mol. The van der Waals surface area contributed by atoms with Crippen molar-refractivity contribution in [2.24, 2.45) is 0 Å². The normalized spacial score (nSPS) is 11.6. The third kappa shape index (κ3) is 4.16. The van der Waals surface area contributed by atoms with Gasteiger partial charge in [0.1, 0.15) is 5.82 Å². The predicted molar refractivity (Wildman–Crippen MR) is 102 cm³/mol. The Kier molecular flexibility index (Phi) is 5.43. The van der Waals surface area contributed by atoms with Crippen LogP contribution in [-0.4, -0.2) is 27.2 Å². The molecule has 1 unspecified atom stereocenters. The van der Waals surface area contributed by atoms with Crippen LogP contribution in [0.3, 0.4) is 0 Å². The molecule has 3 aromatic rings. The van der Waals surface area contributed by atoms with Gasteiger partial charge in [-0.05, 0) is 42.8 Å². The third-order valence-corrected chi connectivity index (χ3v) is 3.96. The SMILES string of the molecule is C=CCNC(=O)c1ccc(NC(C)c2ccc(-n3cccn3)cc2)nc1. The standard InChI is InChI=1S/C20H21N5O/c1-3-11-21-20(26)17-7-10-19(22-14-17)24-15(2)16-5-8-18(9-6-16)25-13-4-12-23-25/h3-10,12-15H,1,11H2,2H3,(H,21,26)(H,22,24). The molecule has 0 saturated heterocycles. The number of aromatic nitrogens is 3. The Morgan fingerprint density at radius 3 is 2.69 bits per heavy atom. The van der Waals surface area contributed by atoms with Gasteiger partial charge in [0.05, 0.1) is 11.3 Å². The van der Waals surface area contributed by atoms with Gasteiger partial charge in [-0.15, -0.1) is 6.58 Å². The van der Waals surface area contributed by atoms with Gasteiger partial charge in [0.25, 0.3) is 5.91 Å².